The standard InChI is InChI=1S/C28H48N4O3/c1-19(33)32-25(17-24(29-32)21-14-15-26(34-2)27(16-21)35-3)23-18-31(22-12-8-5-9-13-22)30-28(23)20-10-6-4-7-11-20/h20-23,25-28,30H,4-18H2,1-3H3. The first-order chi connectivity index (χ1) is 17.1. The first-order valence-corrected chi connectivity index (χ1v) is 14.5. The molecule has 0 spiro atoms. The zero-order valence-electron chi connectivity index (χ0n) is 22.3. The monoisotopic (exact) mass is 488 g/mol. The number of hydrogen-bond acceptors (Lipinski definition) is 6. The maximum atomic E-state index is 12.9. The topological polar surface area (TPSA) is 66.4 Å². The van der Waals surface area contributed by atoms with E-state index in [0.717, 1.165) is 38.1 Å². The largest absolute Gasteiger partial charge is 0.379 e. The summed E-state index contributed by atoms with van der Waals surface area (Å²) in [5.74, 6) is 1.64. The summed E-state index contributed by atoms with van der Waals surface area (Å²) in [6.07, 6.45) is 17.6. The van der Waals surface area contributed by atoms with Crippen LogP contribution in [0.15, 0.2) is 5.10 Å². The van der Waals surface area contributed by atoms with Crippen LogP contribution in [-0.4, -0.2) is 72.7 Å². The zero-order chi connectivity index (χ0) is 24.4. The molecule has 3 saturated carbocycles. The molecule has 0 aromatic heterocycles. The second kappa shape index (κ2) is 11.6. The highest BCUT2D eigenvalue weighted by atomic mass is 16.5. The average molecular weight is 489 g/mol. The highest BCUT2D eigenvalue weighted by Crippen LogP contribution is 2.41. The fraction of sp³-hybridized carbons (Fsp3) is 0.929. The molecule has 198 valence electrons. The van der Waals surface area contributed by atoms with Gasteiger partial charge in [0, 0.05) is 63.7 Å². The molecule has 5 rings (SSSR count). The normalized spacial score (nSPS) is 38.1. The maximum absolute atomic E-state index is 12.9. The third-order valence-corrected chi connectivity index (χ3v) is 9.95. The molecule has 1 saturated heterocycles. The number of amides is 1. The Balaban J connectivity index is 1.34. The number of hydrazine groups is 1. The first kappa shape index (κ1) is 25.6. The third-order valence-electron chi connectivity index (χ3n) is 9.95. The van der Waals surface area contributed by atoms with Crippen molar-refractivity contribution in [1.82, 2.24) is 15.4 Å². The molecular weight excluding hydrogens is 440 g/mol. The SMILES string of the molecule is COC1CCC(C2=NN(C(C)=O)C(C3CN(C4CCCCC4)NC3C3CCCCC3)C2)CC1OC. The molecule has 4 fully saturated rings. The van der Waals surface area contributed by atoms with Crippen molar-refractivity contribution >= 4 is 11.6 Å². The Morgan fingerprint density at radius 3 is 2.26 bits per heavy atom. The number of hydrogen-bond donors (Lipinski definition) is 1. The van der Waals surface area contributed by atoms with Crippen LogP contribution in [-0.2, 0) is 14.3 Å². The molecule has 0 aromatic rings. The lowest BCUT2D eigenvalue weighted by Gasteiger charge is -2.36. The van der Waals surface area contributed by atoms with E-state index in [1.54, 1.807) is 21.1 Å². The number of rotatable bonds is 6. The second-order valence-corrected chi connectivity index (χ2v) is 11.9. The fourth-order valence-electron chi connectivity index (χ4n) is 8.00. The second-order valence-electron chi connectivity index (χ2n) is 11.9. The Bertz CT molecular complexity index is 748. The van der Waals surface area contributed by atoms with Crippen LogP contribution in [0.1, 0.15) is 96.8 Å². The van der Waals surface area contributed by atoms with Gasteiger partial charge in [-0.1, -0.05) is 38.5 Å². The van der Waals surface area contributed by atoms with Gasteiger partial charge in [0.25, 0.3) is 0 Å². The van der Waals surface area contributed by atoms with Crippen molar-refractivity contribution in [2.45, 2.75) is 127 Å². The van der Waals surface area contributed by atoms with E-state index in [2.05, 4.69) is 10.4 Å². The molecule has 1 N–H and O–H groups in total. The highest BCUT2D eigenvalue weighted by molar-refractivity contribution is 5.91. The van der Waals surface area contributed by atoms with Crippen molar-refractivity contribution in [3.63, 3.8) is 0 Å². The number of carbonyl (C=O) groups excluding carboxylic acids is 1. The van der Waals surface area contributed by atoms with Gasteiger partial charge in [-0.05, 0) is 50.9 Å². The molecule has 0 bridgehead atoms. The summed E-state index contributed by atoms with van der Waals surface area (Å²) in [5, 5.41) is 9.51. The lowest BCUT2D eigenvalue weighted by molar-refractivity contribution is -0.131. The van der Waals surface area contributed by atoms with E-state index in [9.17, 15) is 4.79 Å². The van der Waals surface area contributed by atoms with E-state index in [1.807, 2.05) is 5.01 Å². The summed E-state index contributed by atoms with van der Waals surface area (Å²) < 4.78 is 11.5. The summed E-state index contributed by atoms with van der Waals surface area (Å²) in [7, 11) is 3.58. The van der Waals surface area contributed by atoms with E-state index >= 15 is 0 Å². The van der Waals surface area contributed by atoms with E-state index in [1.165, 1.54) is 69.9 Å². The minimum atomic E-state index is 0.0948. The predicted molar refractivity (Wildman–Crippen MR) is 138 cm³/mol. The summed E-state index contributed by atoms with van der Waals surface area (Å²) in [4.78, 5) is 12.9. The number of ether oxygens (including phenoxy) is 2. The predicted octanol–water partition coefficient (Wildman–Crippen LogP) is 4.51. The summed E-state index contributed by atoms with van der Waals surface area (Å²) in [6, 6.07) is 1.30. The molecular formula is C28H48N4O3. The molecule has 5 aliphatic rings. The smallest absolute Gasteiger partial charge is 0.239 e. The van der Waals surface area contributed by atoms with Gasteiger partial charge >= 0.3 is 0 Å². The van der Waals surface area contributed by atoms with Crippen LogP contribution in [0.2, 0.25) is 0 Å². The molecule has 7 heteroatoms. The van der Waals surface area contributed by atoms with Crippen molar-refractivity contribution in [2.24, 2.45) is 22.9 Å². The van der Waals surface area contributed by atoms with Gasteiger partial charge < -0.3 is 9.47 Å². The average Bonchev–Trinajstić information content (AvgIpc) is 3.54. The van der Waals surface area contributed by atoms with Gasteiger partial charge in [0.2, 0.25) is 5.91 Å². The molecule has 6 unspecified atom stereocenters. The van der Waals surface area contributed by atoms with Crippen molar-refractivity contribution < 1.29 is 14.3 Å². The van der Waals surface area contributed by atoms with E-state index in [4.69, 9.17) is 14.6 Å². The third kappa shape index (κ3) is 5.48. The van der Waals surface area contributed by atoms with E-state index in [-0.39, 0.29) is 24.2 Å². The minimum absolute atomic E-state index is 0.0948. The quantitative estimate of drug-likeness (QED) is 0.596. The molecule has 1 amide bonds. The summed E-state index contributed by atoms with van der Waals surface area (Å²) in [6.45, 7) is 2.76. The molecule has 3 aliphatic carbocycles. The fourth-order valence-corrected chi connectivity index (χ4v) is 8.00. The van der Waals surface area contributed by atoms with E-state index in [0.29, 0.717) is 23.9 Å². The van der Waals surface area contributed by atoms with Gasteiger partial charge in [0.1, 0.15) is 0 Å². The number of nitrogens with one attached hydrogen (secondary N) is 1. The van der Waals surface area contributed by atoms with Crippen molar-refractivity contribution in [2.75, 3.05) is 20.8 Å². The maximum Gasteiger partial charge on any atom is 0.239 e. The lowest BCUT2D eigenvalue weighted by atomic mass is 9.75. The molecule has 2 aliphatic heterocycles. The Morgan fingerprint density at radius 2 is 1.60 bits per heavy atom. The van der Waals surface area contributed by atoms with Gasteiger partial charge in [-0.3, -0.25) is 10.2 Å². The van der Waals surface area contributed by atoms with Gasteiger partial charge in [-0.15, -0.1) is 0 Å². The molecule has 2 heterocycles. The zero-order valence-corrected chi connectivity index (χ0v) is 22.3. The van der Waals surface area contributed by atoms with Gasteiger partial charge in [-0.2, -0.15) is 5.10 Å². The van der Waals surface area contributed by atoms with Crippen molar-refractivity contribution in [3.8, 4) is 0 Å². The number of methoxy groups -OCH3 is 2. The Labute approximate surface area is 212 Å². The Hall–Kier alpha value is -1.02. The van der Waals surface area contributed by atoms with Crippen molar-refractivity contribution in [3.05, 3.63) is 0 Å². The van der Waals surface area contributed by atoms with Gasteiger partial charge in [0.15, 0.2) is 0 Å². The van der Waals surface area contributed by atoms with Crippen LogP contribution < -0.4 is 5.43 Å². The molecule has 6 atom stereocenters. The first-order valence-electron chi connectivity index (χ1n) is 14.5. The number of nitrogens with zero attached hydrogens (tertiary/aromatic N) is 3. The molecule has 35 heavy (non-hydrogen) atoms. The van der Waals surface area contributed by atoms with Crippen molar-refractivity contribution in [1.29, 1.82) is 0 Å². The number of hydrazone groups is 1. The summed E-state index contributed by atoms with van der Waals surface area (Å²) in [5.41, 5.74) is 5.27. The van der Waals surface area contributed by atoms with Crippen LogP contribution in [0.4, 0.5) is 0 Å². The van der Waals surface area contributed by atoms with Crippen LogP contribution in [0.5, 0.6) is 0 Å². The Kier molecular flexibility index (Phi) is 8.47. The number of carbonyl (C=O) groups is 1. The van der Waals surface area contributed by atoms with Crippen LogP contribution in [0.3, 0.4) is 0 Å². The van der Waals surface area contributed by atoms with Crippen LogP contribution in [0.25, 0.3) is 0 Å². The molecule has 7 nitrogen and oxygen atoms in total. The molecule has 0 aromatic carbocycles. The summed E-state index contributed by atoms with van der Waals surface area (Å²) >= 11 is 0. The van der Waals surface area contributed by atoms with Gasteiger partial charge in [-0.25, -0.2) is 10.0 Å². The van der Waals surface area contributed by atoms with Gasteiger partial charge in [0.05, 0.1) is 18.2 Å². The molecule has 0 radical (unpaired) electrons. The highest BCUT2D eigenvalue weighted by Gasteiger charge is 2.49. The van der Waals surface area contributed by atoms with E-state index < -0.39 is 0 Å². The Morgan fingerprint density at radius 1 is 0.914 bits per heavy atom. The lowest BCUT2D eigenvalue weighted by Crippen LogP contribution is -2.48. The van der Waals surface area contributed by atoms with Crippen LogP contribution in [0, 0.1) is 17.8 Å². The minimum Gasteiger partial charge on any atom is -0.379 e. The van der Waals surface area contributed by atoms with Crippen LogP contribution >= 0.6 is 0 Å².